The van der Waals surface area contributed by atoms with E-state index in [2.05, 4.69) is 31.3 Å². The van der Waals surface area contributed by atoms with Gasteiger partial charge in [-0.05, 0) is 38.5 Å². The van der Waals surface area contributed by atoms with Crippen LogP contribution in [0.1, 0.15) is 251 Å². The van der Waals surface area contributed by atoms with Crippen LogP contribution in [0.5, 0.6) is 0 Å². The molecule has 0 saturated heterocycles. The van der Waals surface area contributed by atoms with E-state index in [-0.39, 0.29) is 12.5 Å². The summed E-state index contributed by atoms with van der Waals surface area (Å²) < 4.78 is 0. The Morgan fingerprint density at radius 3 is 1.14 bits per heavy atom. The predicted octanol–water partition coefficient (Wildman–Crippen LogP) is 13.2. The molecule has 3 atom stereocenters. The van der Waals surface area contributed by atoms with Gasteiger partial charge in [0.15, 0.2) is 0 Å². The van der Waals surface area contributed by atoms with Gasteiger partial charge in [0.1, 0.15) is 6.10 Å². The van der Waals surface area contributed by atoms with Crippen molar-refractivity contribution in [3.63, 3.8) is 0 Å². The Balaban J connectivity index is 3.61. The van der Waals surface area contributed by atoms with E-state index in [0.717, 1.165) is 38.5 Å². The predicted molar refractivity (Wildman–Crippen MR) is 222 cm³/mol. The van der Waals surface area contributed by atoms with Crippen LogP contribution in [0.15, 0.2) is 12.2 Å². The normalized spacial score (nSPS) is 13.6. The Morgan fingerprint density at radius 2 is 0.784 bits per heavy atom. The first-order chi connectivity index (χ1) is 25.1. The highest BCUT2D eigenvalue weighted by atomic mass is 16.3. The van der Waals surface area contributed by atoms with Gasteiger partial charge in [0.05, 0.1) is 18.8 Å². The van der Waals surface area contributed by atoms with Gasteiger partial charge in [0.25, 0.3) is 0 Å². The summed E-state index contributed by atoms with van der Waals surface area (Å²) in [5, 5.41) is 33.5. The number of carbonyl (C=O) groups is 1. The lowest BCUT2D eigenvalue weighted by Crippen LogP contribution is -2.50. The Morgan fingerprint density at radius 1 is 0.471 bits per heavy atom. The van der Waals surface area contributed by atoms with E-state index >= 15 is 0 Å². The van der Waals surface area contributed by atoms with Crippen LogP contribution in [0.25, 0.3) is 0 Å². The molecule has 0 rings (SSSR count). The van der Waals surface area contributed by atoms with Gasteiger partial charge in [0, 0.05) is 6.42 Å². The molecular weight excluding hydrogens is 631 g/mol. The maximum Gasteiger partial charge on any atom is 0.220 e. The molecule has 0 saturated carbocycles. The summed E-state index contributed by atoms with van der Waals surface area (Å²) in [6.45, 7) is 4.19. The van der Waals surface area contributed by atoms with E-state index < -0.39 is 18.2 Å². The molecule has 51 heavy (non-hydrogen) atoms. The lowest BCUT2D eigenvalue weighted by molar-refractivity contribution is -0.124. The van der Waals surface area contributed by atoms with Crippen molar-refractivity contribution in [1.29, 1.82) is 0 Å². The fourth-order valence-corrected chi connectivity index (χ4v) is 7.28. The molecule has 0 aliphatic carbocycles. The zero-order valence-corrected chi connectivity index (χ0v) is 34.5. The molecule has 0 aromatic rings. The van der Waals surface area contributed by atoms with Gasteiger partial charge in [0.2, 0.25) is 5.91 Å². The van der Waals surface area contributed by atoms with Gasteiger partial charge in [-0.3, -0.25) is 4.79 Å². The summed E-state index contributed by atoms with van der Waals surface area (Å²) in [5.74, 6) is -0.151. The number of unbranched alkanes of at least 4 members (excludes halogenated alkanes) is 32. The molecule has 0 radical (unpaired) electrons. The third-order valence-electron chi connectivity index (χ3n) is 10.9. The molecule has 4 N–H and O–H groups in total. The van der Waals surface area contributed by atoms with E-state index in [9.17, 15) is 20.1 Å². The van der Waals surface area contributed by atoms with Crippen LogP contribution in [0.4, 0.5) is 0 Å². The van der Waals surface area contributed by atoms with Crippen LogP contribution in [-0.2, 0) is 4.79 Å². The maximum absolute atomic E-state index is 12.4. The zero-order valence-electron chi connectivity index (χ0n) is 34.5. The van der Waals surface area contributed by atoms with E-state index in [1.54, 1.807) is 0 Å². The summed E-state index contributed by atoms with van der Waals surface area (Å²) in [4.78, 5) is 12.4. The number of carbonyl (C=O) groups excluding carboxylic acids is 1. The van der Waals surface area contributed by atoms with E-state index in [1.807, 2.05) is 0 Å². The first kappa shape index (κ1) is 50.1. The van der Waals surface area contributed by atoms with Crippen LogP contribution in [0.3, 0.4) is 0 Å². The molecule has 0 bridgehead atoms. The molecule has 3 unspecified atom stereocenters. The van der Waals surface area contributed by atoms with Crippen molar-refractivity contribution in [3.05, 3.63) is 12.2 Å². The van der Waals surface area contributed by atoms with Gasteiger partial charge in [-0.1, -0.05) is 219 Å². The second-order valence-electron chi connectivity index (χ2n) is 16.0. The highest BCUT2D eigenvalue weighted by molar-refractivity contribution is 5.76. The monoisotopic (exact) mass is 722 g/mol. The molecule has 304 valence electrons. The number of allylic oxidation sites excluding steroid dienone is 2. The number of aliphatic hydroxyl groups is 3. The van der Waals surface area contributed by atoms with Gasteiger partial charge in [-0.25, -0.2) is 0 Å². The van der Waals surface area contributed by atoms with Crippen LogP contribution >= 0.6 is 0 Å². The van der Waals surface area contributed by atoms with Crippen LogP contribution in [0.2, 0.25) is 0 Å². The molecule has 5 heteroatoms. The summed E-state index contributed by atoms with van der Waals surface area (Å²) in [6.07, 6.45) is 49.0. The maximum atomic E-state index is 12.4. The fourth-order valence-electron chi connectivity index (χ4n) is 7.28. The third kappa shape index (κ3) is 37.2. The SMILES string of the molecule is CCCCCCCCCCCCCCCCCCC/C=C/CCCC(O)C(O)C(CO)NC(=O)CCCCCCCCCCCCCCCCC. The highest BCUT2D eigenvalue weighted by Crippen LogP contribution is 2.16. The average Bonchev–Trinajstić information content (AvgIpc) is 3.13. The number of hydrogen-bond acceptors (Lipinski definition) is 4. The topological polar surface area (TPSA) is 89.8 Å². The van der Waals surface area contributed by atoms with Crippen molar-refractivity contribution in [1.82, 2.24) is 5.32 Å². The summed E-state index contributed by atoms with van der Waals surface area (Å²) in [6, 6.07) is -0.820. The number of amides is 1. The second-order valence-corrected chi connectivity index (χ2v) is 16.0. The van der Waals surface area contributed by atoms with Gasteiger partial charge >= 0.3 is 0 Å². The summed E-state index contributed by atoms with van der Waals surface area (Å²) in [7, 11) is 0. The Bertz CT molecular complexity index is 713. The lowest BCUT2D eigenvalue weighted by Gasteiger charge is -2.26. The molecule has 0 aromatic heterocycles. The highest BCUT2D eigenvalue weighted by Gasteiger charge is 2.26. The molecule has 5 nitrogen and oxygen atoms in total. The minimum absolute atomic E-state index is 0.151. The third-order valence-corrected chi connectivity index (χ3v) is 10.9. The Hall–Kier alpha value is -0.910. The molecule has 0 aliphatic heterocycles. The van der Waals surface area contributed by atoms with Gasteiger partial charge in [-0.2, -0.15) is 0 Å². The Labute approximate surface area is 319 Å². The zero-order chi connectivity index (χ0) is 37.3. The van der Waals surface area contributed by atoms with E-state index in [1.165, 1.54) is 186 Å². The van der Waals surface area contributed by atoms with Crippen molar-refractivity contribution < 1.29 is 20.1 Å². The Kier molecular flexibility index (Phi) is 41.1. The molecule has 0 fully saturated rings. The van der Waals surface area contributed by atoms with Crippen LogP contribution in [0, 0.1) is 0 Å². The van der Waals surface area contributed by atoms with Gasteiger partial charge in [-0.15, -0.1) is 0 Å². The second kappa shape index (κ2) is 41.8. The number of nitrogens with one attached hydrogen (secondary N) is 1. The van der Waals surface area contributed by atoms with Crippen molar-refractivity contribution >= 4 is 5.91 Å². The van der Waals surface area contributed by atoms with Crippen molar-refractivity contribution in [2.24, 2.45) is 0 Å². The van der Waals surface area contributed by atoms with Gasteiger partial charge < -0.3 is 20.6 Å². The number of aliphatic hydroxyl groups excluding tert-OH is 3. The smallest absolute Gasteiger partial charge is 0.220 e. The average molecular weight is 722 g/mol. The van der Waals surface area contributed by atoms with Crippen molar-refractivity contribution in [2.45, 2.75) is 270 Å². The molecule has 1 amide bonds. The van der Waals surface area contributed by atoms with Crippen molar-refractivity contribution in [3.8, 4) is 0 Å². The summed E-state index contributed by atoms with van der Waals surface area (Å²) in [5.41, 5.74) is 0. The standard InChI is InChI=1S/C46H91NO4/c1-3-5-7-9-11-13-15-17-19-20-21-22-23-24-25-27-28-30-32-34-36-38-40-44(49)46(51)43(42-48)47-45(50)41-39-37-35-33-31-29-26-18-16-14-12-10-8-6-4-2/h32,34,43-44,46,48-49,51H,3-31,33,35-42H2,1-2H3,(H,47,50)/b34-32+. The molecule has 0 spiro atoms. The minimum atomic E-state index is -1.15. The van der Waals surface area contributed by atoms with E-state index in [0.29, 0.717) is 12.8 Å². The molecule has 0 heterocycles. The molecule has 0 aliphatic rings. The number of hydrogen-bond donors (Lipinski definition) is 4. The largest absolute Gasteiger partial charge is 0.394 e. The first-order valence-corrected chi connectivity index (χ1v) is 23.0. The van der Waals surface area contributed by atoms with E-state index in [4.69, 9.17) is 0 Å². The number of rotatable bonds is 42. The minimum Gasteiger partial charge on any atom is -0.394 e. The first-order valence-electron chi connectivity index (χ1n) is 23.0. The van der Waals surface area contributed by atoms with Crippen LogP contribution < -0.4 is 5.32 Å². The fraction of sp³-hybridized carbons (Fsp3) is 0.935. The van der Waals surface area contributed by atoms with Crippen molar-refractivity contribution in [2.75, 3.05) is 6.61 Å². The molecular formula is C46H91NO4. The summed E-state index contributed by atoms with van der Waals surface area (Å²) >= 11 is 0. The lowest BCUT2D eigenvalue weighted by atomic mass is 10.0. The van der Waals surface area contributed by atoms with Crippen LogP contribution in [-0.4, -0.2) is 46.1 Å². The molecule has 0 aromatic carbocycles. The quantitative estimate of drug-likeness (QED) is 0.0373.